The van der Waals surface area contributed by atoms with E-state index < -0.39 is 0 Å². The minimum absolute atomic E-state index is 0.255. The zero-order chi connectivity index (χ0) is 8.32. The van der Waals surface area contributed by atoms with Crippen molar-refractivity contribution in [3.8, 4) is 0 Å². The minimum Gasteiger partial charge on any atom is -0.347 e. The van der Waals surface area contributed by atoms with Gasteiger partial charge >= 0.3 is 0 Å². The molecule has 0 aromatic carbocycles. The lowest BCUT2D eigenvalue weighted by Crippen LogP contribution is -2.36. The molecule has 2 heteroatoms. The highest BCUT2D eigenvalue weighted by molar-refractivity contribution is 4.76. The lowest BCUT2D eigenvalue weighted by Gasteiger charge is -2.30. The van der Waals surface area contributed by atoms with E-state index in [0.29, 0.717) is 5.92 Å². The fourth-order valence-corrected chi connectivity index (χ4v) is 1.59. The molecule has 1 fully saturated rings. The number of hydrogen-bond donors (Lipinski definition) is 0. The van der Waals surface area contributed by atoms with E-state index in [2.05, 4.69) is 20.8 Å². The van der Waals surface area contributed by atoms with Crippen LogP contribution < -0.4 is 0 Å². The number of rotatable bonds is 3. The molecule has 0 atom stereocenters. The molecule has 0 aliphatic carbocycles. The molecule has 66 valence electrons. The fraction of sp³-hybridized carbons (Fsp3) is 1.00. The van der Waals surface area contributed by atoms with Gasteiger partial charge in [-0.2, -0.15) is 0 Å². The van der Waals surface area contributed by atoms with E-state index >= 15 is 0 Å². The van der Waals surface area contributed by atoms with E-state index in [1.165, 1.54) is 0 Å². The third-order valence-corrected chi connectivity index (χ3v) is 2.25. The smallest absolute Gasteiger partial charge is 0.170 e. The van der Waals surface area contributed by atoms with Crippen molar-refractivity contribution in [1.82, 2.24) is 0 Å². The van der Waals surface area contributed by atoms with Gasteiger partial charge in [-0.25, -0.2) is 0 Å². The van der Waals surface area contributed by atoms with Crippen molar-refractivity contribution in [2.75, 3.05) is 13.2 Å². The second kappa shape index (κ2) is 3.55. The van der Waals surface area contributed by atoms with Crippen LogP contribution >= 0.6 is 0 Å². The molecule has 0 unspecified atom stereocenters. The van der Waals surface area contributed by atoms with Crippen molar-refractivity contribution in [1.29, 1.82) is 0 Å². The summed E-state index contributed by atoms with van der Waals surface area (Å²) in [5.74, 6) is 0.208. The maximum atomic E-state index is 5.62. The first-order valence-corrected chi connectivity index (χ1v) is 4.49. The standard InChI is InChI=1S/C9H18O2/c1-4-5-9(8(2)3)10-6-7-11-9/h8H,4-7H2,1-3H3. The average Bonchev–Trinajstić information content (AvgIpc) is 2.38. The summed E-state index contributed by atoms with van der Waals surface area (Å²) in [4.78, 5) is 0. The molecule has 1 rings (SSSR count). The molecule has 0 aromatic rings. The molecule has 2 nitrogen and oxygen atoms in total. The highest BCUT2D eigenvalue weighted by Crippen LogP contribution is 2.32. The van der Waals surface area contributed by atoms with Crippen LogP contribution in [0, 0.1) is 5.92 Å². The van der Waals surface area contributed by atoms with Gasteiger partial charge in [0.2, 0.25) is 0 Å². The predicted molar refractivity (Wildman–Crippen MR) is 44.4 cm³/mol. The van der Waals surface area contributed by atoms with E-state index in [9.17, 15) is 0 Å². The Morgan fingerprint density at radius 3 is 2.18 bits per heavy atom. The van der Waals surface area contributed by atoms with Gasteiger partial charge in [-0.05, 0) is 0 Å². The predicted octanol–water partition coefficient (Wildman–Crippen LogP) is 2.19. The Hall–Kier alpha value is -0.0800. The monoisotopic (exact) mass is 158 g/mol. The van der Waals surface area contributed by atoms with E-state index in [4.69, 9.17) is 9.47 Å². The first-order valence-electron chi connectivity index (χ1n) is 4.49. The molecule has 1 aliphatic rings. The van der Waals surface area contributed by atoms with Crippen LogP contribution in [0.25, 0.3) is 0 Å². The third kappa shape index (κ3) is 1.74. The van der Waals surface area contributed by atoms with Crippen LogP contribution in [-0.2, 0) is 9.47 Å². The maximum absolute atomic E-state index is 5.62. The van der Waals surface area contributed by atoms with Crippen molar-refractivity contribution in [2.45, 2.75) is 39.4 Å². The second-order valence-electron chi connectivity index (χ2n) is 3.41. The summed E-state index contributed by atoms with van der Waals surface area (Å²) in [5, 5.41) is 0. The normalized spacial score (nSPS) is 22.9. The second-order valence-corrected chi connectivity index (χ2v) is 3.41. The molecule has 0 bridgehead atoms. The van der Waals surface area contributed by atoms with Crippen molar-refractivity contribution >= 4 is 0 Å². The molecule has 1 heterocycles. The maximum Gasteiger partial charge on any atom is 0.170 e. The molecule has 1 saturated heterocycles. The first-order chi connectivity index (χ1) is 5.21. The van der Waals surface area contributed by atoms with Crippen LogP contribution in [-0.4, -0.2) is 19.0 Å². The Morgan fingerprint density at radius 2 is 1.82 bits per heavy atom. The van der Waals surface area contributed by atoms with Crippen molar-refractivity contribution in [3.05, 3.63) is 0 Å². The Balaban J connectivity index is 2.55. The number of hydrogen-bond acceptors (Lipinski definition) is 2. The summed E-state index contributed by atoms with van der Waals surface area (Å²) in [5.41, 5.74) is 0. The van der Waals surface area contributed by atoms with Crippen LogP contribution in [0.3, 0.4) is 0 Å². The van der Waals surface area contributed by atoms with Crippen molar-refractivity contribution in [3.63, 3.8) is 0 Å². The zero-order valence-electron chi connectivity index (χ0n) is 7.72. The van der Waals surface area contributed by atoms with E-state index in [-0.39, 0.29) is 5.79 Å². The largest absolute Gasteiger partial charge is 0.347 e. The number of ether oxygens (including phenoxy) is 2. The lowest BCUT2D eigenvalue weighted by molar-refractivity contribution is -0.192. The molecule has 0 saturated carbocycles. The average molecular weight is 158 g/mol. The van der Waals surface area contributed by atoms with Gasteiger partial charge in [-0.3, -0.25) is 0 Å². The van der Waals surface area contributed by atoms with E-state index in [1.807, 2.05) is 0 Å². The molecule has 1 aliphatic heterocycles. The first kappa shape index (κ1) is 9.01. The van der Waals surface area contributed by atoms with Gasteiger partial charge in [0.25, 0.3) is 0 Å². The van der Waals surface area contributed by atoms with E-state index in [0.717, 1.165) is 26.1 Å². The summed E-state index contributed by atoms with van der Waals surface area (Å²) in [6.45, 7) is 7.99. The van der Waals surface area contributed by atoms with Gasteiger partial charge in [-0.15, -0.1) is 0 Å². The summed E-state index contributed by atoms with van der Waals surface area (Å²) < 4.78 is 11.2. The fourth-order valence-electron chi connectivity index (χ4n) is 1.59. The molecule has 0 radical (unpaired) electrons. The Kier molecular flexibility index (Phi) is 2.90. The molecule has 0 N–H and O–H groups in total. The Morgan fingerprint density at radius 1 is 1.27 bits per heavy atom. The van der Waals surface area contributed by atoms with Gasteiger partial charge < -0.3 is 9.47 Å². The summed E-state index contributed by atoms with van der Waals surface area (Å²) in [6.07, 6.45) is 2.14. The molecule has 11 heavy (non-hydrogen) atoms. The highest BCUT2D eigenvalue weighted by Gasteiger charge is 2.38. The SMILES string of the molecule is CCCC1(C(C)C)OCCO1. The van der Waals surface area contributed by atoms with Crippen LogP contribution in [0.15, 0.2) is 0 Å². The zero-order valence-corrected chi connectivity index (χ0v) is 7.72. The quantitative estimate of drug-likeness (QED) is 0.626. The van der Waals surface area contributed by atoms with Crippen molar-refractivity contribution in [2.24, 2.45) is 5.92 Å². The molecule has 0 amide bonds. The van der Waals surface area contributed by atoms with E-state index in [1.54, 1.807) is 0 Å². The third-order valence-electron chi connectivity index (χ3n) is 2.25. The minimum atomic E-state index is -0.255. The van der Waals surface area contributed by atoms with Gasteiger partial charge in [0, 0.05) is 12.3 Å². The van der Waals surface area contributed by atoms with Crippen LogP contribution in [0.1, 0.15) is 33.6 Å². The molecule has 0 aromatic heterocycles. The summed E-state index contributed by atoms with van der Waals surface area (Å²) in [6, 6.07) is 0. The van der Waals surface area contributed by atoms with Gasteiger partial charge in [0.05, 0.1) is 13.2 Å². The van der Waals surface area contributed by atoms with Crippen LogP contribution in [0.4, 0.5) is 0 Å². The van der Waals surface area contributed by atoms with Crippen LogP contribution in [0.2, 0.25) is 0 Å². The van der Waals surface area contributed by atoms with Gasteiger partial charge in [0.1, 0.15) is 0 Å². The van der Waals surface area contributed by atoms with Crippen molar-refractivity contribution < 1.29 is 9.47 Å². The molecular formula is C9H18O2. The molecule has 0 spiro atoms. The molecular weight excluding hydrogens is 140 g/mol. The van der Waals surface area contributed by atoms with Gasteiger partial charge in [0.15, 0.2) is 5.79 Å². The highest BCUT2D eigenvalue weighted by atomic mass is 16.7. The Bertz CT molecular complexity index is 115. The van der Waals surface area contributed by atoms with Gasteiger partial charge in [-0.1, -0.05) is 27.2 Å². The Labute approximate surface area is 68.9 Å². The van der Waals surface area contributed by atoms with Crippen LogP contribution in [0.5, 0.6) is 0 Å². The lowest BCUT2D eigenvalue weighted by atomic mass is 9.98. The summed E-state index contributed by atoms with van der Waals surface area (Å²) in [7, 11) is 0. The summed E-state index contributed by atoms with van der Waals surface area (Å²) >= 11 is 0. The topological polar surface area (TPSA) is 18.5 Å².